The Kier molecular flexibility index (Phi) is 3.77. The molecular formula is C12H17NO4S. The third kappa shape index (κ3) is 2.59. The largest absolute Gasteiger partial charge is 0.493 e. The summed E-state index contributed by atoms with van der Waals surface area (Å²) in [5.41, 5.74) is 0. The van der Waals surface area contributed by atoms with Crippen LogP contribution in [-0.2, 0) is 10.0 Å². The predicted molar refractivity (Wildman–Crippen MR) is 67.5 cm³/mol. The van der Waals surface area contributed by atoms with Gasteiger partial charge in [-0.05, 0) is 25.0 Å². The Balaban J connectivity index is 2.26. The van der Waals surface area contributed by atoms with Gasteiger partial charge in [-0.15, -0.1) is 0 Å². The fourth-order valence-corrected chi connectivity index (χ4v) is 3.12. The zero-order chi connectivity index (χ0) is 13.2. The first-order chi connectivity index (χ1) is 8.56. The van der Waals surface area contributed by atoms with Crippen molar-refractivity contribution in [3.63, 3.8) is 0 Å². The fraction of sp³-hybridized carbons (Fsp3) is 0.500. The topological polar surface area (TPSA) is 64.6 Å². The lowest BCUT2D eigenvalue weighted by Gasteiger charge is -2.26. The van der Waals surface area contributed by atoms with Gasteiger partial charge >= 0.3 is 0 Å². The lowest BCUT2D eigenvalue weighted by Crippen LogP contribution is -2.39. The van der Waals surface area contributed by atoms with Crippen LogP contribution < -0.4 is 14.2 Å². The summed E-state index contributed by atoms with van der Waals surface area (Å²) >= 11 is 0. The Labute approximate surface area is 107 Å². The first kappa shape index (κ1) is 13.2. The van der Waals surface area contributed by atoms with E-state index < -0.39 is 10.0 Å². The molecule has 1 N–H and O–H groups in total. The minimum Gasteiger partial charge on any atom is -0.493 e. The average molecular weight is 271 g/mol. The number of hydrogen-bond donors (Lipinski definition) is 1. The summed E-state index contributed by atoms with van der Waals surface area (Å²) in [6, 6.07) is 4.65. The van der Waals surface area contributed by atoms with E-state index in [9.17, 15) is 8.42 Å². The van der Waals surface area contributed by atoms with Gasteiger partial charge < -0.3 is 9.47 Å². The molecule has 1 aliphatic carbocycles. The average Bonchev–Trinajstić information content (AvgIpc) is 2.33. The van der Waals surface area contributed by atoms with Crippen LogP contribution >= 0.6 is 0 Å². The molecule has 0 aromatic heterocycles. The van der Waals surface area contributed by atoms with Crippen LogP contribution in [0.25, 0.3) is 0 Å². The molecule has 1 aromatic rings. The van der Waals surface area contributed by atoms with Gasteiger partial charge in [-0.25, -0.2) is 13.1 Å². The van der Waals surface area contributed by atoms with Crippen LogP contribution in [0.15, 0.2) is 23.1 Å². The molecule has 1 fully saturated rings. The molecule has 0 aliphatic heterocycles. The number of rotatable bonds is 5. The lowest BCUT2D eigenvalue weighted by molar-refractivity contribution is 0.353. The molecule has 2 rings (SSSR count). The molecule has 6 heteroatoms. The van der Waals surface area contributed by atoms with Crippen molar-refractivity contribution in [2.45, 2.75) is 30.2 Å². The first-order valence-electron chi connectivity index (χ1n) is 5.81. The molecule has 0 bridgehead atoms. The van der Waals surface area contributed by atoms with E-state index in [0.29, 0.717) is 11.5 Å². The molecule has 0 heterocycles. The molecule has 0 atom stereocenters. The van der Waals surface area contributed by atoms with Crippen molar-refractivity contribution in [2.75, 3.05) is 14.2 Å². The Morgan fingerprint density at radius 3 is 2.33 bits per heavy atom. The maximum atomic E-state index is 12.1. The molecule has 18 heavy (non-hydrogen) atoms. The third-order valence-corrected chi connectivity index (χ3v) is 4.61. The van der Waals surface area contributed by atoms with Gasteiger partial charge in [0.1, 0.15) is 0 Å². The molecular weight excluding hydrogens is 254 g/mol. The first-order valence-corrected chi connectivity index (χ1v) is 7.29. The number of benzene rings is 1. The van der Waals surface area contributed by atoms with Crippen molar-refractivity contribution in [3.8, 4) is 11.5 Å². The standard InChI is InChI=1S/C12H17NO4S/c1-16-11-7-6-10(8-12(11)17-2)18(14,15)13-9-4-3-5-9/h6-9,13H,3-5H2,1-2H3. The molecule has 1 aromatic carbocycles. The second-order valence-corrected chi connectivity index (χ2v) is 5.98. The van der Waals surface area contributed by atoms with Crippen LogP contribution in [0.3, 0.4) is 0 Å². The van der Waals surface area contributed by atoms with Crippen molar-refractivity contribution in [1.29, 1.82) is 0 Å². The summed E-state index contributed by atoms with van der Waals surface area (Å²) in [4.78, 5) is 0.201. The van der Waals surface area contributed by atoms with Crippen LogP contribution in [0.2, 0.25) is 0 Å². The number of ether oxygens (including phenoxy) is 2. The minimum absolute atomic E-state index is 0.0723. The van der Waals surface area contributed by atoms with Gasteiger partial charge in [0.05, 0.1) is 19.1 Å². The maximum Gasteiger partial charge on any atom is 0.240 e. The highest BCUT2D eigenvalue weighted by Gasteiger charge is 2.25. The number of nitrogens with one attached hydrogen (secondary N) is 1. The van der Waals surface area contributed by atoms with Gasteiger partial charge in [-0.1, -0.05) is 6.42 Å². The second kappa shape index (κ2) is 5.16. The highest BCUT2D eigenvalue weighted by molar-refractivity contribution is 7.89. The monoisotopic (exact) mass is 271 g/mol. The zero-order valence-electron chi connectivity index (χ0n) is 10.5. The van der Waals surface area contributed by atoms with Crippen LogP contribution in [-0.4, -0.2) is 28.7 Å². The number of hydrogen-bond acceptors (Lipinski definition) is 4. The number of methoxy groups -OCH3 is 2. The summed E-state index contributed by atoms with van der Waals surface area (Å²) in [6.07, 6.45) is 2.90. The molecule has 1 saturated carbocycles. The van der Waals surface area contributed by atoms with Crippen molar-refractivity contribution in [1.82, 2.24) is 4.72 Å². The lowest BCUT2D eigenvalue weighted by atomic mass is 9.94. The van der Waals surface area contributed by atoms with E-state index >= 15 is 0 Å². The SMILES string of the molecule is COc1ccc(S(=O)(=O)NC2CCC2)cc1OC. The maximum absolute atomic E-state index is 12.1. The molecule has 0 amide bonds. The minimum atomic E-state index is -3.46. The van der Waals surface area contributed by atoms with Gasteiger partial charge in [0.15, 0.2) is 11.5 Å². The molecule has 0 unspecified atom stereocenters. The van der Waals surface area contributed by atoms with Crippen molar-refractivity contribution in [3.05, 3.63) is 18.2 Å². The molecule has 100 valence electrons. The Morgan fingerprint density at radius 2 is 1.83 bits per heavy atom. The van der Waals surface area contributed by atoms with Crippen molar-refractivity contribution < 1.29 is 17.9 Å². The summed E-state index contributed by atoms with van der Waals surface area (Å²) in [5, 5.41) is 0. The predicted octanol–water partition coefficient (Wildman–Crippen LogP) is 1.53. The zero-order valence-corrected chi connectivity index (χ0v) is 11.3. The van der Waals surface area contributed by atoms with E-state index in [2.05, 4.69) is 4.72 Å². The highest BCUT2D eigenvalue weighted by atomic mass is 32.2. The summed E-state index contributed by atoms with van der Waals surface area (Å²) < 4.78 is 37.0. The van der Waals surface area contributed by atoms with Gasteiger partial charge in [0, 0.05) is 12.1 Å². The third-order valence-electron chi connectivity index (χ3n) is 3.09. The van der Waals surface area contributed by atoms with Gasteiger partial charge in [0.2, 0.25) is 10.0 Å². The molecule has 1 aliphatic rings. The van der Waals surface area contributed by atoms with Gasteiger partial charge in [-0.2, -0.15) is 0 Å². The van der Waals surface area contributed by atoms with E-state index in [0.717, 1.165) is 19.3 Å². The van der Waals surface area contributed by atoms with E-state index in [1.54, 1.807) is 6.07 Å². The molecule has 0 radical (unpaired) electrons. The molecule has 0 saturated heterocycles. The van der Waals surface area contributed by atoms with Gasteiger partial charge in [-0.3, -0.25) is 0 Å². The van der Waals surface area contributed by atoms with E-state index in [-0.39, 0.29) is 10.9 Å². The second-order valence-electron chi connectivity index (χ2n) is 4.27. The molecule has 5 nitrogen and oxygen atoms in total. The Morgan fingerprint density at radius 1 is 1.17 bits per heavy atom. The highest BCUT2D eigenvalue weighted by Crippen LogP contribution is 2.30. The van der Waals surface area contributed by atoms with Crippen LogP contribution in [0.4, 0.5) is 0 Å². The quantitative estimate of drug-likeness (QED) is 0.882. The Hall–Kier alpha value is -1.27. The fourth-order valence-electron chi connectivity index (χ4n) is 1.80. The summed E-state index contributed by atoms with van der Waals surface area (Å²) in [7, 11) is -0.471. The number of sulfonamides is 1. The smallest absolute Gasteiger partial charge is 0.240 e. The van der Waals surface area contributed by atoms with Crippen LogP contribution in [0.5, 0.6) is 11.5 Å². The van der Waals surface area contributed by atoms with Crippen molar-refractivity contribution >= 4 is 10.0 Å². The normalized spacial score (nSPS) is 16.1. The summed E-state index contributed by atoms with van der Waals surface area (Å²) in [6.45, 7) is 0. The van der Waals surface area contributed by atoms with E-state index in [1.807, 2.05) is 0 Å². The van der Waals surface area contributed by atoms with E-state index in [4.69, 9.17) is 9.47 Å². The summed E-state index contributed by atoms with van der Waals surface area (Å²) in [5.74, 6) is 0.925. The van der Waals surface area contributed by atoms with Crippen molar-refractivity contribution in [2.24, 2.45) is 0 Å². The van der Waals surface area contributed by atoms with Gasteiger partial charge in [0.25, 0.3) is 0 Å². The molecule has 0 spiro atoms. The van der Waals surface area contributed by atoms with Crippen LogP contribution in [0, 0.1) is 0 Å². The Bertz CT molecular complexity index is 523. The van der Waals surface area contributed by atoms with E-state index in [1.165, 1.54) is 26.4 Å². The van der Waals surface area contributed by atoms with Crippen LogP contribution in [0.1, 0.15) is 19.3 Å².